The number of amides is 1. The van der Waals surface area contributed by atoms with Gasteiger partial charge in [-0.05, 0) is 30.2 Å². The molecule has 0 aliphatic heterocycles. The van der Waals surface area contributed by atoms with Gasteiger partial charge < -0.3 is 14.5 Å². The first-order valence-corrected chi connectivity index (χ1v) is 10.1. The number of hydrogen-bond acceptors (Lipinski definition) is 3. The highest BCUT2D eigenvalue weighted by atomic mass is 16.1. The number of ketones is 1. The van der Waals surface area contributed by atoms with Crippen LogP contribution < -0.4 is 5.32 Å². The Bertz CT molecular complexity index is 902. The zero-order valence-corrected chi connectivity index (χ0v) is 17.9. The predicted molar refractivity (Wildman–Crippen MR) is 109 cm³/mol. The molecule has 2 heterocycles. The number of aromatic nitrogens is 3. The molecule has 0 unspecified atom stereocenters. The van der Waals surface area contributed by atoms with Crippen LogP contribution in [0.4, 0.5) is 0 Å². The van der Waals surface area contributed by atoms with E-state index in [2.05, 4.69) is 42.6 Å². The molecule has 0 radical (unpaired) electrons. The van der Waals surface area contributed by atoms with Crippen LogP contribution in [0.1, 0.15) is 67.2 Å². The van der Waals surface area contributed by atoms with E-state index in [-0.39, 0.29) is 23.5 Å². The molecule has 1 aliphatic carbocycles. The number of fused-ring (bicyclic) bond motifs is 1. The van der Waals surface area contributed by atoms with Crippen LogP contribution in [-0.2, 0) is 37.8 Å². The Hall–Kier alpha value is -2.37. The number of Topliss-reactive ketones (excluding diaryl/α,β-unsaturated/α-hetero) is 1. The number of imidazole rings is 1. The Morgan fingerprint density at radius 2 is 2.04 bits per heavy atom. The first-order valence-electron chi connectivity index (χ1n) is 10.1. The van der Waals surface area contributed by atoms with E-state index in [1.165, 1.54) is 0 Å². The first kappa shape index (κ1) is 20.4. The van der Waals surface area contributed by atoms with Gasteiger partial charge in [-0.3, -0.25) is 9.59 Å². The molecule has 0 aromatic carbocycles. The van der Waals surface area contributed by atoms with E-state index in [4.69, 9.17) is 0 Å². The molecule has 6 heteroatoms. The third kappa shape index (κ3) is 4.05. The number of rotatable bonds is 6. The molecular formula is C22H32N4O2. The lowest BCUT2D eigenvalue weighted by Crippen LogP contribution is -2.30. The second-order valence-electron chi connectivity index (χ2n) is 9.24. The van der Waals surface area contributed by atoms with Crippen LogP contribution >= 0.6 is 0 Å². The van der Waals surface area contributed by atoms with E-state index >= 15 is 0 Å². The topological polar surface area (TPSA) is 68.9 Å². The molecule has 0 fully saturated rings. The van der Waals surface area contributed by atoms with Crippen LogP contribution in [0.3, 0.4) is 0 Å². The van der Waals surface area contributed by atoms with Crippen LogP contribution in [0.15, 0.2) is 12.4 Å². The summed E-state index contributed by atoms with van der Waals surface area (Å²) in [5, 5.41) is 2.95. The molecule has 0 atom stereocenters. The van der Waals surface area contributed by atoms with E-state index in [1.807, 2.05) is 24.7 Å². The Morgan fingerprint density at radius 3 is 2.64 bits per heavy atom. The standard InChI is InChI=1S/C22H32N4O2/c1-14(2)13-26-15(3)16(21-17(26)10-22(4,5)11-18(21)27)9-20(28)24-12-19-23-7-8-25(19)6/h7-8,14H,9-13H2,1-6H3,(H,24,28). The fourth-order valence-electron chi connectivity index (χ4n) is 4.20. The molecular weight excluding hydrogens is 352 g/mol. The lowest BCUT2D eigenvalue weighted by atomic mass is 9.75. The molecule has 152 valence electrons. The summed E-state index contributed by atoms with van der Waals surface area (Å²) in [4.78, 5) is 29.9. The molecule has 6 nitrogen and oxygen atoms in total. The number of nitrogens with one attached hydrogen (secondary N) is 1. The van der Waals surface area contributed by atoms with Crippen molar-refractivity contribution in [3.63, 3.8) is 0 Å². The van der Waals surface area contributed by atoms with Gasteiger partial charge in [0.05, 0.1) is 13.0 Å². The minimum atomic E-state index is -0.0757. The summed E-state index contributed by atoms with van der Waals surface area (Å²) < 4.78 is 4.16. The molecule has 1 amide bonds. The molecule has 28 heavy (non-hydrogen) atoms. The Morgan fingerprint density at radius 1 is 1.32 bits per heavy atom. The van der Waals surface area contributed by atoms with Crippen molar-refractivity contribution >= 4 is 11.7 Å². The molecule has 1 N–H and O–H groups in total. The van der Waals surface area contributed by atoms with Crippen molar-refractivity contribution in [1.29, 1.82) is 0 Å². The van der Waals surface area contributed by atoms with E-state index in [0.29, 0.717) is 18.9 Å². The smallest absolute Gasteiger partial charge is 0.224 e. The summed E-state index contributed by atoms with van der Waals surface area (Å²) in [7, 11) is 1.90. The SMILES string of the molecule is Cc1c(CC(=O)NCc2nccn2C)c2c(n1CC(C)C)CC(C)(C)CC2=O. The number of hydrogen-bond donors (Lipinski definition) is 1. The number of nitrogens with zero attached hydrogens (tertiary/aromatic N) is 3. The number of carbonyl (C=O) groups excluding carboxylic acids is 2. The quantitative estimate of drug-likeness (QED) is 0.831. The second kappa shape index (κ2) is 7.57. The summed E-state index contributed by atoms with van der Waals surface area (Å²) in [5.41, 5.74) is 3.82. The fraction of sp³-hybridized carbons (Fsp3) is 0.591. The van der Waals surface area contributed by atoms with Crippen molar-refractivity contribution in [2.45, 2.75) is 67.0 Å². The third-order valence-electron chi connectivity index (χ3n) is 5.57. The average molecular weight is 385 g/mol. The van der Waals surface area contributed by atoms with Gasteiger partial charge in [0.2, 0.25) is 5.91 Å². The van der Waals surface area contributed by atoms with Gasteiger partial charge in [0.15, 0.2) is 5.78 Å². The molecule has 3 rings (SSSR count). The normalized spacial score (nSPS) is 15.8. The van der Waals surface area contributed by atoms with Crippen LogP contribution in [0.5, 0.6) is 0 Å². The van der Waals surface area contributed by atoms with Crippen molar-refractivity contribution < 1.29 is 9.59 Å². The molecule has 2 aromatic rings. The molecule has 1 aliphatic rings. The first-order chi connectivity index (χ1) is 13.1. The van der Waals surface area contributed by atoms with Crippen LogP contribution in [0.25, 0.3) is 0 Å². The minimum absolute atomic E-state index is 0.0403. The number of carbonyl (C=O) groups is 2. The summed E-state index contributed by atoms with van der Waals surface area (Å²) in [6.07, 6.45) is 5.21. The average Bonchev–Trinajstić information content (AvgIpc) is 3.08. The summed E-state index contributed by atoms with van der Waals surface area (Å²) in [6.45, 7) is 12.0. The maximum absolute atomic E-state index is 13.0. The van der Waals surface area contributed by atoms with Gasteiger partial charge in [-0.1, -0.05) is 27.7 Å². The van der Waals surface area contributed by atoms with Crippen molar-refractivity contribution in [3.8, 4) is 0 Å². The predicted octanol–water partition coefficient (Wildman–Crippen LogP) is 3.20. The number of aryl methyl sites for hydroxylation is 1. The van der Waals surface area contributed by atoms with Crippen LogP contribution in [0.2, 0.25) is 0 Å². The molecule has 0 saturated carbocycles. The van der Waals surface area contributed by atoms with E-state index in [1.54, 1.807) is 6.20 Å². The van der Waals surface area contributed by atoms with Gasteiger partial charge >= 0.3 is 0 Å². The van der Waals surface area contributed by atoms with Gasteiger partial charge in [0, 0.05) is 49.4 Å². The van der Waals surface area contributed by atoms with E-state index in [9.17, 15) is 9.59 Å². The molecule has 2 aromatic heterocycles. The zero-order chi connectivity index (χ0) is 20.6. The highest BCUT2D eigenvalue weighted by molar-refractivity contribution is 6.01. The third-order valence-corrected chi connectivity index (χ3v) is 5.57. The summed E-state index contributed by atoms with van der Waals surface area (Å²) in [5.74, 6) is 1.37. The Balaban J connectivity index is 1.88. The summed E-state index contributed by atoms with van der Waals surface area (Å²) >= 11 is 0. The van der Waals surface area contributed by atoms with Gasteiger partial charge in [0.25, 0.3) is 0 Å². The Labute approximate surface area is 167 Å². The van der Waals surface area contributed by atoms with E-state index < -0.39 is 0 Å². The monoisotopic (exact) mass is 384 g/mol. The van der Waals surface area contributed by atoms with Gasteiger partial charge in [-0.25, -0.2) is 4.98 Å². The lowest BCUT2D eigenvalue weighted by Gasteiger charge is -2.30. The Kier molecular flexibility index (Phi) is 5.50. The highest BCUT2D eigenvalue weighted by Crippen LogP contribution is 2.39. The maximum atomic E-state index is 13.0. The zero-order valence-electron chi connectivity index (χ0n) is 17.9. The largest absolute Gasteiger partial charge is 0.349 e. The minimum Gasteiger partial charge on any atom is -0.349 e. The van der Waals surface area contributed by atoms with E-state index in [0.717, 1.165) is 41.3 Å². The fourth-order valence-corrected chi connectivity index (χ4v) is 4.20. The van der Waals surface area contributed by atoms with Crippen molar-refractivity contribution in [1.82, 2.24) is 19.4 Å². The van der Waals surface area contributed by atoms with Crippen LogP contribution in [0, 0.1) is 18.3 Å². The lowest BCUT2D eigenvalue weighted by molar-refractivity contribution is -0.120. The molecule has 0 bridgehead atoms. The maximum Gasteiger partial charge on any atom is 0.224 e. The van der Waals surface area contributed by atoms with Crippen molar-refractivity contribution in [3.05, 3.63) is 40.7 Å². The van der Waals surface area contributed by atoms with Gasteiger partial charge in [-0.2, -0.15) is 0 Å². The summed E-state index contributed by atoms with van der Waals surface area (Å²) in [6, 6.07) is 0. The van der Waals surface area contributed by atoms with Crippen LogP contribution in [-0.4, -0.2) is 25.8 Å². The molecule has 0 spiro atoms. The second-order valence-corrected chi connectivity index (χ2v) is 9.24. The highest BCUT2D eigenvalue weighted by Gasteiger charge is 2.37. The van der Waals surface area contributed by atoms with Gasteiger partial charge in [-0.15, -0.1) is 0 Å². The van der Waals surface area contributed by atoms with Crippen molar-refractivity contribution in [2.75, 3.05) is 0 Å². The molecule has 0 saturated heterocycles. The van der Waals surface area contributed by atoms with Gasteiger partial charge in [0.1, 0.15) is 5.82 Å². The van der Waals surface area contributed by atoms with Crippen molar-refractivity contribution in [2.24, 2.45) is 18.4 Å².